The van der Waals surface area contributed by atoms with Crippen molar-refractivity contribution in [2.75, 3.05) is 6.54 Å². The Labute approximate surface area is 125 Å². The second-order valence-corrected chi connectivity index (χ2v) is 6.12. The van der Waals surface area contributed by atoms with Crippen molar-refractivity contribution in [1.82, 2.24) is 5.32 Å². The summed E-state index contributed by atoms with van der Waals surface area (Å²) in [7, 11) is 0. The molecule has 0 aromatic heterocycles. The molecule has 2 atom stereocenters. The number of carbonyl (C=O) groups is 1. The predicted octanol–water partition coefficient (Wildman–Crippen LogP) is 2.88. The van der Waals surface area contributed by atoms with Gasteiger partial charge < -0.3 is 11.1 Å². The molecule has 3 nitrogen and oxygen atoms in total. The van der Waals surface area contributed by atoms with Crippen LogP contribution in [0, 0.1) is 11.8 Å². The molecule has 0 radical (unpaired) electrons. The Morgan fingerprint density at radius 1 is 1.35 bits per heavy atom. The number of carbonyl (C=O) groups excluding carboxylic acids is 1. The van der Waals surface area contributed by atoms with Crippen LogP contribution in [0.25, 0.3) is 0 Å². The lowest BCUT2D eigenvalue weighted by atomic mass is 9.80. The first-order chi connectivity index (χ1) is 9.58. The van der Waals surface area contributed by atoms with Gasteiger partial charge in [0.25, 0.3) is 5.91 Å². The fraction of sp³-hybridized carbons (Fsp3) is 0.500. The minimum absolute atomic E-state index is 0.0409. The van der Waals surface area contributed by atoms with Crippen molar-refractivity contribution < 1.29 is 4.79 Å². The lowest BCUT2D eigenvalue weighted by Crippen LogP contribution is -2.33. The maximum absolute atomic E-state index is 12.2. The molecule has 1 saturated carbocycles. The van der Waals surface area contributed by atoms with E-state index < -0.39 is 0 Å². The van der Waals surface area contributed by atoms with Crippen LogP contribution in [-0.4, -0.2) is 17.4 Å². The van der Waals surface area contributed by atoms with Gasteiger partial charge in [-0.15, -0.1) is 0 Å². The van der Waals surface area contributed by atoms with E-state index in [9.17, 15) is 4.79 Å². The molecule has 3 N–H and O–H groups in total. The highest BCUT2D eigenvalue weighted by molar-refractivity contribution is 7.80. The average Bonchev–Trinajstić information content (AvgIpc) is 2.46. The van der Waals surface area contributed by atoms with Crippen molar-refractivity contribution in [3.8, 4) is 0 Å². The van der Waals surface area contributed by atoms with Crippen LogP contribution in [-0.2, 0) is 0 Å². The zero-order valence-electron chi connectivity index (χ0n) is 11.9. The number of nitrogens with one attached hydrogen (secondary N) is 1. The van der Waals surface area contributed by atoms with Crippen molar-refractivity contribution in [2.45, 2.75) is 32.6 Å². The number of thiocarbonyl (C=S) groups is 1. The molecular formula is C16H22N2OS. The van der Waals surface area contributed by atoms with Crippen molar-refractivity contribution in [3.63, 3.8) is 0 Å². The minimum atomic E-state index is -0.0409. The number of rotatable bonds is 4. The smallest absolute Gasteiger partial charge is 0.251 e. The number of amides is 1. The molecule has 1 aromatic carbocycles. The third-order valence-corrected chi connectivity index (χ3v) is 4.46. The molecule has 2 unspecified atom stereocenters. The summed E-state index contributed by atoms with van der Waals surface area (Å²) in [5, 5.41) is 3.04. The summed E-state index contributed by atoms with van der Waals surface area (Å²) >= 11 is 4.94. The maximum atomic E-state index is 12.2. The van der Waals surface area contributed by atoms with Crippen LogP contribution in [0.15, 0.2) is 24.3 Å². The highest BCUT2D eigenvalue weighted by atomic mass is 32.1. The Bertz CT molecular complexity index is 501. The summed E-state index contributed by atoms with van der Waals surface area (Å²) in [6, 6.07) is 7.18. The van der Waals surface area contributed by atoms with Crippen molar-refractivity contribution >= 4 is 23.1 Å². The van der Waals surface area contributed by atoms with Crippen LogP contribution in [0.5, 0.6) is 0 Å². The highest BCUT2D eigenvalue weighted by Crippen LogP contribution is 2.28. The van der Waals surface area contributed by atoms with Gasteiger partial charge in [0, 0.05) is 17.7 Å². The molecule has 0 saturated heterocycles. The van der Waals surface area contributed by atoms with E-state index in [1.54, 1.807) is 12.1 Å². The number of hydrogen-bond acceptors (Lipinski definition) is 2. The first-order valence-electron chi connectivity index (χ1n) is 7.26. The highest BCUT2D eigenvalue weighted by Gasteiger charge is 2.21. The van der Waals surface area contributed by atoms with Gasteiger partial charge in [-0.25, -0.2) is 0 Å². The third kappa shape index (κ3) is 3.79. The van der Waals surface area contributed by atoms with Gasteiger partial charge in [-0.2, -0.15) is 0 Å². The van der Waals surface area contributed by atoms with E-state index in [1.165, 1.54) is 25.7 Å². The normalized spacial score (nSPS) is 22.2. The summed E-state index contributed by atoms with van der Waals surface area (Å²) in [6.07, 6.45) is 5.09. The van der Waals surface area contributed by atoms with Crippen LogP contribution < -0.4 is 11.1 Å². The first-order valence-corrected chi connectivity index (χ1v) is 7.67. The Hall–Kier alpha value is -1.42. The van der Waals surface area contributed by atoms with E-state index in [1.807, 2.05) is 12.1 Å². The molecule has 1 aliphatic rings. The summed E-state index contributed by atoms with van der Waals surface area (Å²) < 4.78 is 0. The van der Waals surface area contributed by atoms with E-state index in [0.717, 1.165) is 12.1 Å². The molecule has 1 fully saturated rings. The van der Waals surface area contributed by atoms with E-state index >= 15 is 0 Å². The van der Waals surface area contributed by atoms with Gasteiger partial charge in [0.1, 0.15) is 4.99 Å². The third-order valence-electron chi connectivity index (χ3n) is 4.22. The molecule has 0 spiro atoms. The molecule has 1 aromatic rings. The number of hydrogen-bond donors (Lipinski definition) is 2. The summed E-state index contributed by atoms with van der Waals surface area (Å²) in [5.74, 6) is 1.26. The lowest BCUT2D eigenvalue weighted by molar-refractivity contribution is 0.0936. The van der Waals surface area contributed by atoms with E-state index in [-0.39, 0.29) is 5.91 Å². The van der Waals surface area contributed by atoms with Crippen LogP contribution in [0.2, 0.25) is 0 Å². The predicted molar refractivity (Wildman–Crippen MR) is 85.8 cm³/mol. The Morgan fingerprint density at radius 3 is 2.75 bits per heavy atom. The molecule has 0 heterocycles. The first kappa shape index (κ1) is 15.0. The average molecular weight is 290 g/mol. The summed E-state index contributed by atoms with van der Waals surface area (Å²) in [5.41, 5.74) is 6.95. The minimum Gasteiger partial charge on any atom is -0.389 e. The largest absolute Gasteiger partial charge is 0.389 e. The van der Waals surface area contributed by atoms with Crippen LogP contribution in [0.4, 0.5) is 0 Å². The molecule has 0 aliphatic heterocycles. The van der Waals surface area contributed by atoms with E-state index in [4.69, 9.17) is 18.0 Å². The molecule has 4 heteroatoms. The molecule has 108 valence electrons. The molecular weight excluding hydrogens is 268 g/mol. The number of benzene rings is 1. The van der Waals surface area contributed by atoms with Gasteiger partial charge in [-0.05, 0) is 30.4 Å². The van der Waals surface area contributed by atoms with E-state index in [0.29, 0.717) is 22.4 Å². The second kappa shape index (κ2) is 6.84. The SMILES string of the molecule is CC1CCCCC1CNC(=O)c1cccc(C(N)=S)c1. The van der Waals surface area contributed by atoms with Crippen LogP contribution in [0.1, 0.15) is 48.5 Å². The lowest BCUT2D eigenvalue weighted by Gasteiger charge is -2.28. The van der Waals surface area contributed by atoms with Gasteiger partial charge >= 0.3 is 0 Å². The van der Waals surface area contributed by atoms with Crippen LogP contribution >= 0.6 is 12.2 Å². The second-order valence-electron chi connectivity index (χ2n) is 5.68. The molecule has 2 rings (SSSR count). The Morgan fingerprint density at radius 2 is 2.05 bits per heavy atom. The monoisotopic (exact) mass is 290 g/mol. The molecule has 1 amide bonds. The maximum Gasteiger partial charge on any atom is 0.251 e. The van der Waals surface area contributed by atoms with Gasteiger partial charge in [0.2, 0.25) is 0 Å². The van der Waals surface area contributed by atoms with Gasteiger partial charge in [-0.3, -0.25) is 4.79 Å². The fourth-order valence-corrected chi connectivity index (χ4v) is 2.96. The summed E-state index contributed by atoms with van der Waals surface area (Å²) in [6.45, 7) is 3.04. The van der Waals surface area contributed by atoms with Gasteiger partial charge in [0.15, 0.2) is 0 Å². The molecule has 1 aliphatic carbocycles. The van der Waals surface area contributed by atoms with Gasteiger partial charge in [-0.1, -0.05) is 50.5 Å². The zero-order valence-corrected chi connectivity index (χ0v) is 12.7. The topological polar surface area (TPSA) is 55.1 Å². The Kier molecular flexibility index (Phi) is 5.12. The van der Waals surface area contributed by atoms with E-state index in [2.05, 4.69) is 12.2 Å². The quantitative estimate of drug-likeness (QED) is 0.838. The number of nitrogens with two attached hydrogens (primary N) is 1. The Balaban J connectivity index is 1.94. The zero-order chi connectivity index (χ0) is 14.5. The molecule has 0 bridgehead atoms. The molecule has 20 heavy (non-hydrogen) atoms. The van der Waals surface area contributed by atoms with Crippen LogP contribution in [0.3, 0.4) is 0 Å². The van der Waals surface area contributed by atoms with Gasteiger partial charge in [0.05, 0.1) is 0 Å². The standard InChI is InChI=1S/C16H22N2OS/c1-11-5-2-3-6-14(11)10-18-16(19)13-8-4-7-12(9-13)15(17)20/h4,7-9,11,14H,2-3,5-6,10H2,1H3,(H2,17,20)(H,18,19). The van der Waals surface area contributed by atoms with Crippen molar-refractivity contribution in [1.29, 1.82) is 0 Å². The van der Waals surface area contributed by atoms with Crippen molar-refractivity contribution in [3.05, 3.63) is 35.4 Å². The summed E-state index contributed by atoms with van der Waals surface area (Å²) in [4.78, 5) is 12.5. The fourth-order valence-electron chi connectivity index (χ4n) is 2.84. The van der Waals surface area contributed by atoms with Crippen molar-refractivity contribution in [2.24, 2.45) is 17.6 Å².